The van der Waals surface area contributed by atoms with Crippen LogP contribution in [-0.2, 0) is 10.0 Å². The summed E-state index contributed by atoms with van der Waals surface area (Å²) >= 11 is 0. The molecule has 5 aromatic carbocycles. The summed E-state index contributed by atoms with van der Waals surface area (Å²) in [5.41, 5.74) is 1.04. The van der Waals surface area contributed by atoms with E-state index < -0.39 is 17.3 Å². The van der Waals surface area contributed by atoms with Crippen LogP contribution in [0.1, 0.15) is 18.9 Å². The molecule has 0 heterocycles. The van der Waals surface area contributed by atoms with Gasteiger partial charge in [0, 0.05) is 4.90 Å². The van der Waals surface area contributed by atoms with Gasteiger partial charge in [0.25, 0.3) is 0 Å². The first-order chi connectivity index (χ1) is 19.0. The Morgan fingerprint density at radius 2 is 0.872 bits per heavy atom. The van der Waals surface area contributed by atoms with E-state index in [1.54, 1.807) is 24.3 Å². The van der Waals surface area contributed by atoms with E-state index in [1.807, 2.05) is 13.8 Å². The molecule has 5 rings (SSSR count). The number of rotatable bonds is 8. The van der Waals surface area contributed by atoms with Crippen molar-refractivity contribution >= 4 is 38.5 Å². The van der Waals surface area contributed by atoms with E-state index in [-0.39, 0.29) is 4.90 Å². The molecule has 0 amide bonds. The van der Waals surface area contributed by atoms with Crippen molar-refractivity contribution in [2.24, 2.45) is 0 Å². The minimum absolute atomic E-state index is 0.275. The van der Waals surface area contributed by atoms with Crippen molar-refractivity contribution in [2.45, 2.75) is 25.2 Å². The van der Waals surface area contributed by atoms with Gasteiger partial charge in [-0.05, 0) is 67.6 Å². The van der Waals surface area contributed by atoms with E-state index in [1.165, 1.54) is 21.2 Å². The Hall–Kier alpha value is -3.56. The van der Waals surface area contributed by atoms with Crippen molar-refractivity contribution in [1.82, 2.24) is 0 Å². The number of hydrogen-bond donors (Lipinski definition) is 0. The molecule has 0 atom stereocenters. The summed E-state index contributed by atoms with van der Waals surface area (Å²) < 4.78 is 26.7. The van der Waals surface area contributed by atoms with Crippen LogP contribution in [-0.4, -0.2) is 15.0 Å². The van der Waals surface area contributed by atoms with Crippen molar-refractivity contribution in [3.63, 3.8) is 0 Å². The molecule has 0 aliphatic rings. The highest BCUT2D eigenvalue weighted by Crippen LogP contribution is 2.53. The molecule has 5 heteroatoms. The zero-order valence-electron chi connectivity index (χ0n) is 22.4. The number of benzene rings is 5. The van der Waals surface area contributed by atoms with Crippen molar-refractivity contribution in [3.8, 4) is 0 Å². The zero-order valence-corrected chi connectivity index (χ0v) is 24.1. The number of nitrogens with zero attached hydrogens (tertiary/aromatic N) is 1. The van der Waals surface area contributed by atoms with Crippen LogP contribution in [0.3, 0.4) is 0 Å². The molecular formula is C34H34NO2PS. The van der Waals surface area contributed by atoms with E-state index in [0.717, 1.165) is 12.0 Å². The molecule has 0 saturated heterocycles. The minimum Gasteiger partial charge on any atom is -0.545 e. The third kappa shape index (κ3) is 6.72. The number of sulfonamides is 1. The van der Waals surface area contributed by atoms with Crippen LogP contribution in [0.5, 0.6) is 0 Å². The summed E-state index contributed by atoms with van der Waals surface area (Å²) in [6.45, 7) is 4.17. The summed E-state index contributed by atoms with van der Waals surface area (Å²) in [4.78, 5) is 0.275. The second-order valence-corrected chi connectivity index (χ2v) is 14.2. The summed E-state index contributed by atoms with van der Waals surface area (Å²) in [5.74, 6) is 0. The quantitative estimate of drug-likeness (QED) is 0.200. The molecule has 0 unspecified atom stereocenters. The molecule has 0 fully saturated rings. The number of aryl methyl sites for hydroxylation is 1. The SMILES string of the molecule is CCC[N-]S(=O)(=O)c1ccc(C)cc1.c1ccc([P+](c2ccccc2)(c2ccccc2)c2ccccc2)cc1. The smallest absolute Gasteiger partial charge is 0.144 e. The standard InChI is InChI=1S/C24H20P.C10H14NO2S/c1-5-13-21(14-6-1)25(22-15-7-2-8-16-22,23-17-9-3-10-18-23)24-19-11-4-12-20-24;1-3-8-11-14(12,13)10-6-4-9(2)5-7-10/h1-20H;4-7H,3,8H2,1-2H3/q+1;-1. The highest BCUT2D eigenvalue weighted by atomic mass is 32.2. The molecular weight excluding hydrogens is 517 g/mol. The maximum absolute atomic E-state index is 11.5. The van der Waals surface area contributed by atoms with Gasteiger partial charge in [0.1, 0.15) is 38.5 Å². The van der Waals surface area contributed by atoms with E-state index >= 15 is 0 Å². The van der Waals surface area contributed by atoms with Crippen molar-refractivity contribution in [2.75, 3.05) is 6.54 Å². The molecule has 3 nitrogen and oxygen atoms in total. The van der Waals surface area contributed by atoms with Crippen LogP contribution in [0.2, 0.25) is 0 Å². The Labute approximate surface area is 234 Å². The second kappa shape index (κ2) is 13.5. The first-order valence-corrected chi connectivity index (χ1v) is 16.3. The molecule has 39 heavy (non-hydrogen) atoms. The lowest BCUT2D eigenvalue weighted by molar-refractivity contribution is 0.601. The molecule has 0 aliphatic carbocycles. The predicted molar refractivity (Wildman–Crippen MR) is 168 cm³/mol. The first kappa shape index (κ1) is 28.4. The van der Waals surface area contributed by atoms with Gasteiger partial charge in [-0.2, -0.15) is 0 Å². The van der Waals surface area contributed by atoms with Crippen LogP contribution in [0.15, 0.2) is 150 Å². The zero-order chi connectivity index (χ0) is 27.6. The summed E-state index contributed by atoms with van der Waals surface area (Å²) in [7, 11) is -5.32. The van der Waals surface area contributed by atoms with E-state index in [4.69, 9.17) is 0 Å². The van der Waals surface area contributed by atoms with Gasteiger partial charge in [0.2, 0.25) is 0 Å². The number of hydrogen-bond acceptors (Lipinski definition) is 2. The average Bonchev–Trinajstić information content (AvgIpc) is 2.99. The highest BCUT2D eigenvalue weighted by Gasteiger charge is 2.47. The van der Waals surface area contributed by atoms with Gasteiger partial charge in [-0.15, -0.1) is 6.54 Å². The van der Waals surface area contributed by atoms with Gasteiger partial charge in [-0.3, -0.25) is 0 Å². The lowest BCUT2D eigenvalue weighted by Crippen LogP contribution is -2.38. The molecule has 0 aliphatic heterocycles. The fraction of sp³-hybridized carbons (Fsp3) is 0.118. The fourth-order valence-electron chi connectivity index (χ4n) is 4.50. The van der Waals surface area contributed by atoms with Crippen molar-refractivity contribution in [3.05, 3.63) is 156 Å². The fourth-order valence-corrected chi connectivity index (χ4v) is 9.82. The Morgan fingerprint density at radius 3 is 1.18 bits per heavy atom. The van der Waals surface area contributed by atoms with Gasteiger partial charge in [0.05, 0.1) is 0 Å². The van der Waals surface area contributed by atoms with Gasteiger partial charge in [-0.1, -0.05) is 104 Å². The molecule has 0 spiro atoms. The third-order valence-electron chi connectivity index (χ3n) is 6.38. The highest BCUT2D eigenvalue weighted by molar-refractivity contribution is 8.01. The normalized spacial score (nSPS) is 11.3. The monoisotopic (exact) mass is 551 g/mol. The molecule has 5 aromatic rings. The topological polar surface area (TPSA) is 48.2 Å². The van der Waals surface area contributed by atoms with Crippen molar-refractivity contribution in [1.29, 1.82) is 0 Å². The van der Waals surface area contributed by atoms with Crippen LogP contribution in [0, 0.1) is 6.92 Å². The Bertz CT molecular complexity index is 1360. The average molecular weight is 552 g/mol. The van der Waals surface area contributed by atoms with Crippen LogP contribution in [0.4, 0.5) is 0 Å². The summed E-state index contributed by atoms with van der Waals surface area (Å²) in [6, 6.07) is 50.5. The third-order valence-corrected chi connectivity index (χ3v) is 12.1. The minimum atomic E-state index is -3.41. The van der Waals surface area contributed by atoms with Crippen molar-refractivity contribution < 1.29 is 8.42 Å². The van der Waals surface area contributed by atoms with Crippen LogP contribution < -0.4 is 21.2 Å². The lowest BCUT2D eigenvalue weighted by atomic mass is 10.2. The Kier molecular flexibility index (Phi) is 9.84. The largest absolute Gasteiger partial charge is 0.545 e. The second-order valence-electron chi connectivity index (χ2n) is 9.15. The molecule has 0 aromatic heterocycles. The molecule has 0 saturated carbocycles. The van der Waals surface area contributed by atoms with Crippen LogP contribution in [0.25, 0.3) is 4.72 Å². The van der Waals surface area contributed by atoms with Gasteiger partial charge in [0.15, 0.2) is 0 Å². The summed E-state index contributed by atoms with van der Waals surface area (Å²) in [5, 5.41) is 5.55. The molecule has 0 radical (unpaired) electrons. The maximum Gasteiger partial charge on any atom is 0.144 e. The van der Waals surface area contributed by atoms with Gasteiger partial charge >= 0.3 is 0 Å². The van der Waals surface area contributed by atoms with E-state index in [9.17, 15) is 8.42 Å². The first-order valence-electron chi connectivity index (χ1n) is 13.1. The Morgan fingerprint density at radius 1 is 0.538 bits per heavy atom. The predicted octanol–water partition coefficient (Wildman–Crippen LogP) is 6.77. The molecule has 0 N–H and O–H groups in total. The summed E-state index contributed by atoms with van der Waals surface area (Å²) in [6.07, 6.45) is 0.741. The Balaban J connectivity index is 0.000000215. The van der Waals surface area contributed by atoms with Gasteiger partial charge < -0.3 is 4.72 Å². The molecule has 198 valence electrons. The maximum atomic E-state index is 11.5. The van der Waals surface area contributed by atoms with E-state index in [0.29, 0.717) is 6.54 Å². The lowest BCUT2D eigenvalue weighted by Gasteiger charge is -2.27. The van der Waals surface area contributed by atoms with Gasteiger partial charge in [-0.25, -0.2) is 8.42 Å². The van der Waals surface area contributed by atoms with E-state index in [2.05, 4.69) is 126 Å². The molecule has 0 bridgehead atoms. The van der Waals surface area contributed by atoms with Crippen LogP contribution >= 0.6 is 7.26 Å².